The van der Waals surface area contributed by atoms with Crippen LogP contribution in [0.3, 0.4) is 0 Å². The molecule has 3 rings (SSSR count). The predicted molar refractivity (Wildman–Crippen MR) is 106 cm³/mol. The van der Waals surface area contributed by atoms with Gasteiger partial charge in [-0.1, -0.05) is 30.3 Å². The van der Waals surface area contributed by atoms with Crippen LogP contribution in [-0.2, 0) is 17.8 Å². The minimum Gasteiger partial charge on any atom is -0.497 e. The number of hydrogen-bond donors (Lipinski definition) is 0. The van der Waals surface area contributed by atoms with Crippen LogP contribution in [0.15, 0.2) is 59.1 Å². The fourth-order valence-electron chi connectivity index (χ4n) is 2.90. The van der Waals surface area contributed by atoms with Gasteiger partial charge in [0.1, 0.15) is 11.5 Å². The van der Waals surface area contributed by atoms with Crippen LogP contribution in [0.25, 0.3) is 11.3 Å². The van der Waals surface area contributed by atoms with Gasteiger partial charge in [0, 0.05) is 32.5 Å². The molecule has 0 atom stereocenters. The van der Waals surface area contributed by atoms with Crippen molar-refractivity contribution in [3.8, 4) is 22.8 Å². The monoisotopic (exact) mass is 380 g/mol. The second kappa shape index (κ2) is 9.08. The van der Waals surface area contributed by atoms with E-state index in [-0.39, 0.29) is 5.91 Å². The standard InChI is InChI=1S/C22H24N2O4/c1-24(15-16-7-5-4-6-8-16)22(25)12-11-21-23-14-20(28-21)18-10-9-17(26-2)13-19(18)27-3/h4-10,13-14H,11-12,15H2,1-3H3. The van der Waals surface area contributed by atoms with Gasteiger partial charge in [-0.3, -0.25) is 4.79 Å². The average molecular weight is 380 g/mol. The molecule has 1 amide bonds. The number of methoxy groups -OCH3 is 2. The topological polar surface area (TPSA) is 64.8 Å². The first-order valence-electron chi connectivity index (χ1n) is 9.05. The lowest BCUT2D eigenvalue weighted by atomic mass is 10.1. The molecule has 1 aromatic heterocycles. The fourth-order valence-corrected chi connectivity index (χ4v) is 2.90. The Morgan fingerprint density at radius 3 is 2.61 bits per heavy atom. The first kappa shape index (κ1) is 19.5. The number of aryl methyl sites for hydroxylation is 1. The zero-order chi connectivity index (χ0) is 19.9. The summed E-state index contributed by atoms with van der Waals surface area (Å²) in [5.74, 6) is 2.51. The number of carbonyl (C=O) groups excluding carboxylic acids is 1. The molecule has 1 heterocycles. The van der Waals surface area contributed by atoms with E-state index < -0.39 is 0 Å². The Labute approximate surface area is 164 Å². The maximum Gasteiger partial charge on any atom is 0.223 e. The number of benzene rings is 2. The number of rotatable bonds is 8. The van der Waals surface area contributed by atoms with Crippen molar-refractivity contribution in [2.24, 2.45) is 0 Å². The van der Waals surface area contributed by atoms with Crippen LogP contribution in [0, 0.1) is 0 Å². The molecule has 6 heteroatoms. The highest BCUT2D eigenvalue weighted by Crippen LogP contribution is 2.33. The Morgan fingerprint density at radius 2 is 1.89 bits per heavy atom. The van der Waals surface area contributed by atoms with Crippen molar-refractivity contribution in [2.75, 3.05) is 21.3 Å². The highest BCUT2D eigenvalue weighted by atomic mass is 16.5. The summed E-state index contributed by atoms with van der Waals surface area (Å²) in [5.41, 5.74) is 1.89. The molecule has 0 radical (unpaired) electrons. The molecule has 0 aliphatic carbocycles. The summed E-state index contributed by atoms with van der Waals surface area (Å²) in [7, 11) is 5.00. The van der Waals surface area contributed by atoms with E-state index in [1.54, 1.807) is 38.4 Å². The van der Waals surface area contributed by atoms with Gasteiger partial charge in [0.05, 0.1) is 26.0 Å². The molecule has 0 bridgehead atoms. The van der Waals surface area contributed by atoms with Gasteiger partial charge in [-0.25, -0.2) is 4.98 Å². The first-order valence-corrected chi connectivity index (χ1v) is 9.05. The second-order valence-corrected chi connectivity index (χ2v) is 6.42. The lowest BCUT2D eigenvalue weighted by Crippen LogP contribution is -2.26. The van der Waals surface area contributed by atoms with Crippen molar-refractivity contribution >= 4 is 5.91 Å². The molecule has 2 aromatic carbocycles. The van der Waals surface area contributed by atoms with E-state index in [1.807, 2.05) is 42.5 Å². The molecule has 0 saturated carbocycles. The van der Waals surface area contributed by atoms with Crippen molar-refractivity contribution in [3.63, 3.8) is 0 Å². The molecule has 0 N–H and O–H groups in total. The Morgan fingerprint density at radius 1 is 1.11 bits per heavy atom. The van der Waals surface area contributed by atoms with E-state index in [9.17, 15) is 4.79 Å². The molecule has 6 nitrogen and oxygen atoms in total. The summed E-state index contributed by atoms with van der Waals surface area (Å²) < 4.78 is 16.5. The number of oxazole rings is 1. The van der Waals surface area contributed by atoms with Crippen LogP contribution < -0.4 is 9.47 Å². The molecular weight excluding hydrogens is 356 g/mol. The lowest BCUT2D eigenvalue weighted by molar-refractivity contribution is -0.130. The predicted octanol–water partition coefficient (Wildman–Crippen LogP) is 3.95. The van der Waals surface area contributed by atoms with Crippen molar-refractivity contribution in [3.05, 3.63) is 66.2 Å². The van der Waals surface area contributed by atoms with Gasteiger partial charge in [0.25, 0.3) is 0 Å². The SMILES string of the molecule is COc1ccc(-c2cnc(CCC(=O)N(C)Cc3ccccc3)o2)c(OC)c1. The van der Waals surface area contributed by atoms with E-state index in [1.165, 1.54) is 0 Å². The van der Waals surface area contributed by atoms with Gasteiger partial charge in [-0.2, -0.15) is 0 Å². The van der Waals surface area contributed by atoms with Crippen LogP contribution in [-0.4, -0.2) is 37.1 Å². The summed E-state index contributed by atoms with van der Waals surface area (Å²) in [4.78, 5) is 18.4. The second-order valence-electron chi connectivity index (χ2n) is 6.42. The lowest BCUT2D eigenvalue weighted by Gasteiger charge is -2.16. The summed E-state index contributed by atoms with van der Waals surface area (Å²) in [6.45, 7) is 0.583. The summed E-state index contributed by atoms with van der Waals surface area (Å²) in [6, 6.07) is 15.4. The maximum absolute atomic E-state index is 12.4. The van der Waals surface area contributed by atoms with Crippen molar-refractivity contribution in [2.45, 2.75) is 19.4 Å². The number of nitrogens with zero attached hydrogens (tertiary/aromatic N) is 2. The molecule has 0 fully saturated rings. The third kappa shape index (κ3) is 4.71. The molecule has 3 aromatic rings. The largest absolute Gasteiger partial charge is 0.497 e. The van der Waals surface area contributed by atoms with Gasteiger partial charge >= 0.3 is 0 Å². The molecule has 0 unspecified atom stereocenters. The van der Waals surface area contributed by atoms with Gasteiger partial charge < -0.3 is 18.8 Å². The van der Waals surface area contributed by atoms with E-state index >= 15 is 0 Å². The zero-order valence-electron chi connectivity index (χ0n) is 16.3. The van der Waals surface area contributed by atoms with Crippen LogP contribution in [0.2, 0.25) is 0 Å². The van der Waals surface area contributed by atoms with Crippen LogP contribution in [0.5, 0.6) is 11.5 Å². The molecule has 146 valence electrons. The Hall–Kier alpha value is -3.28. The molecule has 0 saturated heterocycles. The van der Waals surface area contributed by atoms with Crippen molar-refractivity contribution in [1.29, 1.82) is 0 Å². The zero-order valence-corrected chi connectivity index (χ0v) is 16.3. The van der Waals surface area contributed by atoms with Crippen LogP contribution in [0.4, 0.5) is 0 Å². The smallest absolute Gasteiger partial charge is 0.223 e. The third-order valence-corrected chi connectivity index (χ3v) is 4.47. The maximum atomic E-state index is 12.4. The highest BCUT2D eigenvalue weighted by molar-refractivity contribution is 5.76. The highest BCUT2D eigenvalue weighted by Gasteiger charge is 2.15. The molecule has 0 aliphatic heterocycles. The van der Waals surface area contributed by atoms with E-state index in [0.29, 0.717) is 42.5 Å². The van der Waals surface area contributed by atoms with Crippen molar-refractivity contribution in [1.82, 2.24) is 9.88 Å². The van der Waals surface area contributed by atoms with Gasteiger partial charge in [-0.05, 0) is 17.7 Å². The summed E-state index contributed by atoms with van der Waals surface area (Å²) in [5, 5.41) is 0. The molecule has 28 heavy (non-hydrogen) atoms. The number of carbonyl (C=O) groups is 1. The Bertz CT molecular complexity index is 921. The van der Waals surface area contributed by atoms with Crippen LogP contribution in [0.1, 0.15) is 17.9 Å². The number of hydrogen-bond acceptors (Lipinski definition) is 5. The normalized spacial score (nSPS) is 10.5. The van der Waals surface area contributed by atoms with E-state index in [4.69, 9.17) is 13.9 Å². The Balaban J connectivity index is 1.61. The molecule has 0 spiro atoms. The van der Waals surface area contributed by atoms with Gasteiger partial charge in [0.15, 0.2) is 11.7 Å². The minimum atomic E-state index is 0.0469. The summed E-state index contributed by atoms with van der Waals surface area (Å²) in [6.07, 6.45) is 2.43. The number of ether oxygens (including phenoxy) is 2. The van der Waals surface area contributed by atoms with E-state index in [0.717, 1.165) is 11.1 Å². The Kier molecular flexibility index (Phi) is 6.32. The fraction of sp³-hybridized carbons (Fsp3) is 0.273. The van der Waals surface area contributed by atoms with Gasteiger partial charge in [0.2, 0.25) is 5.91 Å². The van der Waals surface area contributed by atoms with Crippen LogP contribution >= 0.6 is 0 Å². The van der Waals surface area contributed by atoms with Gasteiger partial charge in [-0.15, -0.1) is 0 Å². The quantitative estimate of drug-likeness (QED) is 0.592. The number of amides is 1. The average Bonchev–Trinajstić information content (AvgIpc) is 3.21. The molecular formula is C22H24N2O4. The third-order valence-electron chi connectivity index (χ3n) is 4.47. The molecule has 0 aliphatic rings. The summed E-state index contributed by atoms with van der Waals surface area (Å²) >= 11 is 0. The first-order chi connectivity index (χ1) is 13.6. The van der Waals surface area contributed by atoms with E-state index in [2.05, 4.69) is 4.98 Å². The number of aromatic nitrogens is 1. The van der Waals surface area contributed by atoms with Crippen molar-refractivity contribution < 1.29 is 18.7 Å². The minimum absolute atomic E-state index is 0.0469.